The van der Waals surface area contributed by atoms with E-state index in [2.05, 4.69) is 4.74 Å². The molecule has 5 atom stereocenters. The molecule has 1 saturated heterocycles. The Morgan fingerprint density at radius 2 is 1.50 bits per heavy atom. The van der Waals surface area contributed by atoms with Crippen LogP contribution in [0, 0.1) is 0 Å². The van der Waals surface area contributed by atoms with Gasteiger partial charge in [-0.25, -0.2) is 0 Å². The Balaban J connectivity index is 2.63. The maximum atomic E-state index is 9.12. The van der Waals surface area contributed by atoms with E-state index in [1.807, 2.05) is 0 Å². The zero-order valence-electron chi connectivity index (χ0n) is 6.24. The van der Waals surface area contributed by atoms with E-state index >= 15 is 0 Å². The second-order valence-electron chi connectivity index (χ2n) is 2.72. The van der Waals surface area contributed by atoms with Crippen molar-refractivity contribution < 1.29 is 30.3 Å². The second kappa shape index (κ2) is 3.65. The van der Waals surface area contributed by atoms with Crippen molar-refractivity contribution in [2.75, 3.05) is 6.61 Å². The van der Waals surface area contributed by atoms with Gasteiger partial charge in [-0.1, -0.05) is 0 Å². The molecule has 0 bridgehead atoms. The lowest BCUT2D eigenvalue weighted by Crippen LogP contribution is -2.58. The molecule has 0 radical (unpaired) electrons. The summed E-state index contributed by atoms with van der Waals surface area (Å²) in [5, 5.41) is 44.7. The van der Waals surface area contributed by atoms with Gasteiger partial charge in [0.05, 0.1) is 6.61 Å². The molecule has 0 aromatic carbocycles. The van der Waals surface area contributed by atoms with Gasteiger partial charge in [0.2, 0.25) is 0 Å². The fourth-order valence-corrected chi connectivity index (χ4v) is 1.08. The Labute approximate surface area is 68.6 Å². The van der Waals surface area contributed by atoms with Crippen LogP contribution in [-0.4, -0.2) is 62.8 Å². The molecule has 5 N–H and O–H groups in total. The summed E-state index contributed by atoms with van der Waals surface area (Å²) in [5.41, 5.74) is 0. The summed E-state index contributed by atoms with van der Waals surface area (Å²) < 4.78 is 4.58. The van der Waals surface area contributed by atoms with Gasteiger partial charge >= 0.3 is 0 Å². The highest BCUT2D eigenvalue weighted by molar-refractivity contribution is 4.87. The highest BCUT2D eigenvalue weighted by atomic mass is 16.6. The van der Waals surface area contributed by atoms with Crippen LogP contribution < -0.4 is 0 Å². The Hall–Kier alpha value is -0.240. The van der Waals surface area contributed by atoms with Crippen LogP contribution in [0.4, 0.5) is 0 Å². The molecule has 1 fully saturated rings. The summed E-state index contributed by atoms with van der Waals surface area (Å²) in [7, 11) is 0. The molecular weight excluding hydrogens is 168 g/mol. The van der Waals surface area contributed by atoms with Crippen LogP contribution in [0.3, 0.4) is 0 Å². The van der Waals surface area contributed by atoms with Gasteiger partial charge in [-0.2, -0.15) is 0 Å². The van der Waals surface area contributed by atoms with Gasteiger partial charge in [-0.05, 0) is 0 Å². The van der Waals surface area contributed by atoms with Crippen molar-refractivity contribution in [3.05, 3.63) is 0 Å². The largest absolute Gasteiger partial charge is 0.394 e. The molecule has 1 aliphatic rings. The average Bonchev–Trinajstić information content (AvgIpc) is 2.08. The van der Waals surface area contributed by atoms with E-state index in [4.69, 9.17) is 25.5 Å². The Kier molecular flexibility index (Phi) is 2.99. The fourth-order valence-electron chi connectivity index (χ4n) is 1.08. The predicted octanol–water partition coefficient (Wildman–Crippen LogP) is -3.22. The standard InChI is InChI=1S/C6H12O6/c7-1-2-3(8)4(9)5(10)6(11)12-2/h2-11H,1H2/t2-,3+,4+,5+,6?/m1/s1. The highest BCUT2D eigenvalue weighted by Crippen LogP contribution is 2.18. The number of aliphatic hydroxyl groups is 5. The van der Waals surface area contributed by atoms with E-state index in [9.17, 15) is 0 Å². The normalized spacial score (nSPS) is 49.2. The Bertz CT molecular complexity index is 146. The second-order valence-corrected chi connectivity index (χ2v) is 2.72. The third-order valence-electron chi connectivity index (χ3n) is 1.87. The first-order valence-corrected chi connectivity index (χ1v) is 3.56. The molecule has 0 aromatic heterocycles. The molecule has 0 amide bonds. The van der Waals surface area contributed by atoms with Crippen molar-refractivity contribution in [3.8, 4) is 0 Å². The van der Waals surface area contributed by atoms with E-state index in [0.29, 0.717) is 0 Å². The number of ether oxygens (including phenoxy) is 1. The minimum atomic E-state index is -1.57. The SMILES string of the molecule is OC[C@H]1OC(O)[C@@H](O)[C@@H](O)[C@H]1O. The third kappa shape index (κ3) is 1.58. The lowest BCUT2D eigenvalue weighted by atomic mass is 10.00. The van der Waals surface area contributed by atoms with Gasteiger partial charge in [-0.15, -0.1) is 0 Å². The van der Waals surface area contributed by atoms with Crippen LogP contribution in [0.15, 0.2) is 0 Å². The number of hydrogen-bond donors (Lipinski definition) is 5. The van der Waals surface area contributed by atoms with Crippen molar-refractivity contribution in [3.63, 3.8) is 0 Å². The highest BCUT2D eigenvalue weighted by Gasteiger charge is 2.42. The molecule has 6 heteroatoms. The number of aliphatic hydroxyl groups excluding tert-OH is 5. The van der Waals surface area contributed by atoms with Crippen LogP contribution in [-0.2, 0) is 4.74 Å². The van der Waals surface area contributed by atoms with E-state index in [1.54, 1.807) is 0 Å². The van der Waals surface area contributed by atoms with Gasteiger partial charge in [-0.3, -0.25) is 0 Å². The molecule has 1 heterocycles. The molecular formula is C6H12O6. The molecule has 0 spiro atoms. The van der Waals surface area contributed by atoms with E-state index < -0.39 is 37.3 Å². The topological polar surface area (TPSA) is 110 Å². The average molecular weight is 180 g/mol. The monoisotopic (exact) mass is 180 g/mol. The molecule has 12 heavy (non-hydrogen) atoms. The Morgan fingerprint density at radius 3 is 2.00 bits per heavy atom. The Morgan fingerprint density at radius 1 is 0.917 bits per heavy atom. The van der Waals surface area contributed by atoms with Crippen molar-refractivity contribution in [2.24, 2.45) is 0 Å². The number of rotatable bonds is 1. The summed E-state index contributed by atoms with van der Waals surface area (Å²) >= 11 is 0. The summed E-state index contributed by atoms with van der Waals surface area (Å²) in [5.74, 6) is 0. The molecule has 72 valence electrons. The van der Waals surface area contributed by atoms with Gasteiger partial charge in [0, 0.05) is 0 Å². The zero-order chi connectivity index (χ0) is 9.30. The van der Waals surface area contributed by atoms with E-state index in [0.717, 1.165) is 0 Å². The first-order valence-electron chi connectivity index (χ1n) is 3.56. The third-order valence-corrected chi connectivity index (χ3v) is 1.87. The summed E-state index contributed by atoms with van der Waals surface area (Å²) in [6, 6.07) is 0. The van der Waals surface area contributed by atoms with E-state index in [-0.39, 0.29) is 0 Å². The maximum Gasteiger partial charge on any atom is 0.184 e. The lowest BCUT2D eigenvalue weighted by molar-refractivity contribution is -0.286. The maximum absolute atomic E-state index is 9.12. The first-order chi connectivity index (χ1) is 5.57. The van der Waals surface area contributed by atoms with Crippen molar-refractivity contribution in [2.45, 2.75) is 30.7 Å². The molecule has 0 saturated carbocycles. The van der Waals surface area contributed by atoms with Crippen LogP contribution in [0.2, 0.25) is 0 Å². The molecule has 0 aliphatic carbocycles. The lowest BCUT2D eigenvalue weighted by Gasteiger charge is -2.37. The van der Waals surface area contributed by atoms with Crippen LogP contribution in [0.1, 0.15) is 0 Å². The van der Waals surface area contributed by atoms with E-state index in [1.165, 1.54) is 0 Å². The molecule has 1 aliphatic heterocycles. The minimum absolute atomic E-state index is 0.526. The smallest absolute Gasteiger partial charge is 0.184 e. The van der Waals surface area contributed by atoms with Crippen LogP contribution >= 0.6 is 0 Å². The molecule has 1 rings (SSSR count). The van der Waals surface area contributed by atoms with Crippen LogP contribution in [0.25, 0.3) is 0 Å². The van der Waals surface area contributed by atoms with Gasteiger partial charge < -0.3 is 30.3 Å². The van der Waals surface area contributed by atoms with Crippen molar-refractivity contribution in [1.29, 1.82) is 0 Å². The zero-order valence-corrected chi connectivity index (χ0v) is 6.24. The van der Waals surface area contributed by atoms with Gasteiger partial charge in [0.25, 0.3) is 0 Å². The molecule has 1 unspecified atom stereocenters. The number of hydrogen-bond acceptors (Lipinski definition) is 6. The van der Waals surface area contributed by atoms with Crippen molar-refractivity contribution >= 4 is 0 Å². The predicted molar refractivity (Wildman–Crippen MR) is 36.0 cm³/mol. The molecule has 6 nitrogen and oxygen atoms in total. The van der Waals surface area contributed by atoms with Crippen LogP contribution in [0.5, 0.6) is 0 Å². The molecule has 0 aromatic rings. The van der Waals surface area contributed by atoms with Crippen molar-refractivity contribution in [1.82, 2.24) is 0 Å². The first kappa shape index (κ1) is 9.85. The minimum Gasteiger partial charge on any atom is -0.394 e. The summed E-state index contributed by atoms with van der Waals surface area (Å²) in [6.45, 7) is -0.526. The summed E-state index contributed by atoms with van der Waals surface area (Å²) in [6.07, 6.45) is -7.04. The summed E-state index contributed by atoms with van der Waals surface area (Å²) in [4.78, 5) is 0. The fraction of sp³-hybridized carbons (Fsp3) is 1.00. The quantitative estimate of drug-likeness (QED) is 0.290. The van der Waals surface area contributed by atoms with Gasteiger partial charge in [0.15, 0.2) is 6.29 Å². The van der Waals surface area contributed by atoms with Gasteiger partial charge in [0.1, 0.15) is 24.4 Å².